The first kappa shape index (κ1) is 16.2. The highest BCUT2D eigenvalue weighted by molar-refractivity contribution is 5.63. The molecule has 0 atom stereocenters. The maximum Gasteiger partial charge on any atom is 0.155 e. The minimum absolute atomic E-state index is 0.426. The lowest BCUT2D eigenvalue weighted by atomic mass is 9.96. The average molecular weight is 359 g/mol. The van der Waals surface area contributed by atoms with E-state index >= 15 is 0 Å². The summed E-state index contributed by atoms with van der Waals surface area (Å²) >= 11 is 0. The Bertz CT molecular complexity index is 1020. The molecule has 136 valence electrons. The molecular weight excluding hydrogens is 338 g/mol. The van der Waals surface area contributed by atoms with Gasteiger partial charge in [0, 0.05) is 42.2 Å². The number of piperidine rings is 1. The molecule has 4 aromatic rings. The van der Waals surface area contributed by atoms with Crippen LogP contribution in [0.3, 0.4) is 0 Å². The van der Waals surface area contributed by atoms with Crippen molar-refractivity contribution in [3.63, 3.8) is 0 Å². The molecule has 1 saturated heterocycles. The molecule has 4 aromatic heterocycles. The Morgan fingerprint density at radius 3 is 2.63 bits per heavy atom. The number of rotatable bonds is 4. The van der Waals surface area contributed by atoms with E-state index in [2.05, 4.69) is 22.1 Å². The van der Waals surface area contributed by atoms with Crippen LogP contribution < -0.4 is 0 Å². The van der Waals surface area contributed by atoms with Gasteiger partial charge in [0.25, 0.3) is 0 Å². The van der Waals surface area contributed by atoms with E-state index in [0.717, 1.165) is 55.1 Å². The van der Waals surface area contributed by atoms with Gasteiger partial charge in [-0.3, -0.25) is 9.88 Å². The van der Waals surface area contributed by atoms with Gasteiger partial charge in [0.15, 0.2) is 11.5 Å². The van der Waals surface area contributed by atoms with E-state index in [1.807, 2.05) is 47.4 Å². The first-order valence-electron chi connectivity index (χ1n) is 9.35. The first-order valence-corrected chi connectivity index (χ1v) is 9.35. The molecule has 1 fully saturated rings. The number of pyridine rings is 2. The van der Waals surface area contributed by atoms with Crippen molar-refractivity contribution in [2.24, 2.45) is 0 Å². The molecule has 5 heterocycles. The number of hydrogen-bond donors (Lipinski definition) is 0. The number of furan rings is 1. The van der Waals surface area contributed by atoms with Crippen LogP contribution >= 0.6 is 0 Å². The van der Waals surface area contributed by atoms with E-state index in [1.165, 1.54) is 5.56 Å². The zero-order valence-electron chi connectivity index (χ0n) is 15.0. The van der Waals surface area contributed by atoms with Gasteiger partial charge in [-0.2, -0.15) is 5.10 Å². The summed E-state index contributed by atoms with van der Waals surface area (Å²) in [6.07, 6.45) is 11.4. The van der Waals surface area contributed by atoms with Crippen molar-refractivity contribution in [3.05, 3.63) is 72.8 Å². The molecular formula is C21H21N5O. The number of aromatic nitrogens is 4. The molecule has 0 N–H and O–H groups in total. The lowest BCUT2D eigenvalue weighted by Gasteiger charge is -2.30. The van der Waals surface area contributed by atoms with Gasteiger partial charge in [-0.05, 0) is 61.8 Å². The normalized spacial score (nSPS) is 16.1. The quantitative estimate of drug-likeness (QED) is 0.555. The molecule has 0 aliphatic carbocycles. The molecule has 0 saturated carbocycles. The van der Waals surface area contributed by atoms with E-state index in [0.29, 0.717) is 5.92 Å². The Morgan fingerprint density at radius 1 is 1.00 bits per heavy atom. The second-order valence-electron chi connectivity index (χ2n) is 7.11. The predicted octanol–water partition coefficient (Wildman–Crippen LogP) is 3.76. The standard InChI is InChI=1S/C21H21N5O/c1-2-20-23-21(24-26(20)14-19(1)17-3-8-22-9-4-17)18-5-10-25(11-6-18)13-16-7-12-27-15-16/h1-4,7-9,12,14-15,18H,5-6,10-11,13H2. The van der Waals surface area contributed by atoms with Gasteiger partial charge in [0.1, 0.15) is 0 Å². The average Bonchev–Trinajstić information content (AvgIpc) is 3.38. The second-order valence-corrected chi connectivity index (χ2v) is 7.11. The second kappa shape index (κ2) is 6.96. The van der Waals surface area contributed by atoms with Gasteiger partial charge in [-0.15, -0.1) is 0 Å². The fourth-order valence-electron chi connectivity index (χ4n) is 3.78. The summed E-state index contributed by atoms with van der Waals surface area (Å²) in [6, 6.07) is 10.2. The van der Waals surface area contributed by atoms with Crippen molar-refractivity contribution in [1.82, 2.24) is 24.5 Å². The van der Waals surface area contributed by atoms with E-state index < -0.39 is 0 Å². The van der Waals surface area contributed by atoms with Crippen LogP contribution in [0.15, 0.2) is 65.9 Å². The highest BCUT2D eigenvalue weighted by Crippen LogP contribution is 2.27. The summed E-state index contributed by atoms with van der Waals surface area (Å²) in [4.78, 5) is 11.3. The Labute approximate surface area is 157 Å². The number of hydrogen-bond acceptors (Lipinski definition) is 5. The van der Waals surface area contributed by atoms with Gasteiger partial charge < -0.3 is 4.42 Å². The van der Waals surface area contributed by atoms with Crippen LogP contribution in [0.4, 0.5) is 0 Å². The molecule has 0 unspecified atom stereocenters. The topological polar surface area (TPSA) is 59.5 Å². The van der Waals surface area contributed by atoms with Crippen LogP contribution in [0.5, 0.6) is 0 Å². The summed E-state index contributed by atoms with van der Waals surface area (Å²) in [5.41, 5.74) is 4.40. The third kappa shape index (κ3) is 3.36. The molecule has 0 spiro atoms. The zero-order chi connectivity index (χ0) is 18.1. The van der Waals surface area contributed by atoms with Crippen molar-refractivity contribution in [3.8, 4) is 11.1 Å². The Kier molecular flexibility index (Phi) is 4.18. The first-order chi connectivity index (χ1) is 13.3. The summed E-state index contributed by atoms with van der Waals surface area (Å²) in [7, 11) is 0. The Hall–Kier alpha value is -2.99. The monoisotopic (exact) mass is 359 g/mol. The Morgan fingerprint density at radius 2 is 1.85 bits per heavy atom. The van der Waals surface area contributed by atoms with Gasteiger partial charge in [-0.1, -0.05) is 0 Å². The van der Waals surface area contributed by atoms with Crippen LogP contribution in [0.1, 0.15) is 30.1 Å². The maximum absolute atomic E-state index is 5.17. The fraction of sp³-hybridized carbons (Fsp3) is 0.286. The predicted molar refractivity (Wildman–Crippen MR) is 102 cm³/mol. The highest BCUT2D eigenvalue weighted by atomic mass is 16.3. The molecule has 5 rings (SSSR count). The Balaban J connectivity index is 1.31. The van der Waals surface area contributed by atoms with Crippen LogP contribution in [-0.2, 0) is 6.54 Å². The molecule has 1 aliphatic heterocycles. The van der Waals surface area contributed by atoms with Gasteiger partial charge in [0.05, 0.1) is 12.5 Å². The number of fused-ring (bicyclic) bond motifs is 1. The minimum Gasteiger partial charge on any atom is -0.472 e. The van der Waals surface area contributed by atoms with E-state index in [-0.39, 0.29) is 0 Å². The fourth-order valence-corrected chi connectivity index (χ4v) is 3.78. The van der Waals surface area contributed by atoms with Crippen molar-refractivity contribution >= 4 is 5.65 Å². The lowest BCUT2D eigenvalue weighted by molar-refractivity contribution is 0.201. The molecule has 1 aliphatic rings. The molecule has 0 amide bonds. The van der Waals surface area contributed by atoms with Crippen molar-refractivity contribution in [2.75, 3.05) is 13.1 Å². The highest BCUT2D eigenvalue weighted by Gasteiger charge is 2.24. The van der Waals surface area contributed by atoms with Gasteiger partial charge in [-0.25, -0.2) is 9.50 Å². The largest absolute Gasteiger partial charge is 0.472 e. The van der Waals surface area contributed by atoms with E-state index in [1.54, 1.807) is 6.26 Å². The van der Waals surface area contributed by atoms with E-state index in [4.69, 9.17) is 14.5 Å². The van der Waals surface area contributed by atoms with E-state index in [9.17, 15) is 0 Å². The van der Waals surface area contributed by atoms with Gasteiger partial charge >= 0.3 is 0 Å². The van der Waals surface area contributed by atoms with Crippen molar-refractivity contribution < 1.29 is 4.42 Å². The van der Waals surface area contributed by atoms with Crippen LogP contribution in [0.25, 0.3) is 16.8 Å². The lowest BCUT2D eigenvalue weighted by Crippen LogP contribution is -2.32. The summed E-state index contributed by atoms with van der Waals surface area (Å²) in [5, 5.41) is 4.78. The summed E-state index contributed by atoms with van der Waals surface area (Å²) in [5.74, 6) is 1.39. The number of likely N-dealkylation sites (tertiary alicyclic amines) is 1. The SMILES string of the molecule is c1cc(-c2ccc3nc(C4CCN(Cc5ccoc5)CC4)nn3c2)ccn1. The third-order valence-electron chi connectivity index (χ3n) is 5.30. The summed E-state index contributed by atoms with van der Waals surface area (Å²) in [6.45, 7) is 3.08. The molecule has 6 heteroatoms. The van der Waals surface area contributed by atoms with Crippen LogP contribution in [-0.4, -0.2) is 37.6 Å². The molecule has 0 radical (unpaired) electrons. The molecule has 0 aromatic carbocycles. The van der Waals surface area contributed by atoms with Crippen molar-refractivity contribution in [2.45, 2.75) is 25.3 Å². The molecule has 27 heavy (non-hydrogen) atoms. The maximum atomic E-state index is 5.17. The minimum atomic E-state index is 0.426. The number of nitrogens with zero attached hydrogens (tertiary/aromatic N) is 5. The van der Waals surface area contributed by atoms with Gasteiger partial charge in [0.2, 0.25) is 0 Å². The zero-order valence-corrected chi connectivity index (χ0v) is 15.0. The smallest absolute Gasteiger partial charge is 0.155 e. The molecule has 0 bridgehead atoms. The van der Waals surface area contributed by atoms with Crippen LogP contribution in [0.2, 0.25) is 0 Å². The van der Waals surface area contributed by atoms with Crippen LogP contribution in [0, 0.1) is 0 Å². The van der Waals surface area contributed by atoms with Crippen molar-refractivity contribution in [1.29, 1.82) is 0 Å². The molecule has 6 nitrogen and oxygen atoms in total. The third-order valence-corrected chi connectivity index (χ3v) is 5.30. The summed E-state index contributed by atoms with van der Waals surface area (Å²) < 4.78 is 7.07.